The molecular formula is C17H20N6O. The van der Waals surface area contributed by atoms with Crippen LogP contribution in [0.4, 0.5) is 0 Å². The lowest BCUT2D eigenvalue weighted by Crippen LogP contribution is -2.19. The maximum atomic E-state index is 5.60. The molecule has 0 amide bonds. The number of aryl methyl sites for hydroxylation is 2. The molecule has 3 aromatic heterocycles. The monoisotopic (exact) mass is 324 g/mol. The van der Waals surface area contributed by atoms with Crippen molar-refractivity contribution in [1.29, 1.82) is 0 Å². The lowest BCUT2D eigenvalue weighted by atomic mass is 9.92. The van der Waals surface area contributed by atoms with Crippen molar-refractivity contribution < 1.29 is 4.52 Å². The van der Waals surface area contributed by atoms with E-state index in [1.165, 1.54) is 24.8 Å². The predicted octanol–water partition coefficient (Wildman–Crippen LogP) is 2.94. The predicted molar refractivity (Wildman–Crippen MR) is 87.3 cm³/mol. The Bertz CT molecular complexity index is 885. The van der Waals surface area contributed by atoms with E-state index in [2.05, 4.69) is 14.9 Å². The SMILES string of the molecule is Cn1ccc(-c2nc(-c3noc4c3CCCC4)n(C3CCC3)n2)n1. The Morgan fingerprint density at radius 1 is 1.12 bits per heavy atom. The number of nitrogens with zero attached hydrogens (tertiary/aromatic N) is 6. The second-order valence-corrected chi connectivity index (χ2v) is 6.80. The molecule has 1 fully saturated rings. The maximum absolute atomic E-state index is 5.60. The third-order valence-corrected chi connectivity index (χ3v) is 5.16. The summed E-state index contributed by atoms with van der Waals surface area (Å²) >= 11 is 0. The minimum Gasteiger partial charge on any atom is -0.360 e. The summed E-state index contributed by atoms with van der Waals surface area (Å²) in [5, 5.41) is 13.6. The molecule has 3 aromatic rings. The molecule has 0 aromatic carbocycles. The second-order valence-electron chi connectivity index (χ2n) is 6.80. The molecule has 3 heterocycles. The molecule has 5 rings (SSSR count). The summed E-state index contributed by atoms with van der Waals surface area (Å²) in [6.07, 6.45) is 9.83. The molecule has 0 unspecified atom stereocenters. The molecular weight excluding hydrogens is 304 g/mol. The molecule has 7 heteroatoms. The normalized spacial score (nSPS) is 17.7. The first-order valence-electron chi connectivity index (χ1n) is 8.74. The first-order chi connectivity index (χ1) is 11.8. The van der Waals surface area contributed by atoms with Crippen LogP contribution in [0.2, 0.25) is 0 Å². The van der Waals surface area contributed by atoms with Crippen molar-refractivity contribution >= 4 is 0 Å². The standard InChI is InChI=1S/C17H20N6O/c1-22-10-9-13(19-22)16-18-17(23(20-16)11-5-4-6-11)15-12-7-2-3-8-14(12)24-21-15/h9-11H,2-8H2,1H3. The molecule has 1 saturated carbocycles. The van der Waals surface area contributed by atoms with Gasteiger partial charge < -0.3 is 4.52 Å². The zero-order valence-corrected chi connectivity index (χ0v) is 13.8. The van der Waals surface area contributed by atoms with E-state index in [9.17, 15) is 0 Å². The number of rotatable bonds is 3. The smallest absolute Gasteiger partial charge is 0.202 e. The van der Waals surface area contributed by atoms with Crippen molar-refractivity contribution in [3.8, 4) is 23.0 Å². The highest BCUT2D eigenvalue weighted by atomic mass is 16.5. The molecule has 2 aliphatic rings. The molecule has 7 nitrogen and oxygen atoms in total. The van der Waals surface area contributed by atoms with Crippen molar-refractivity contribution in [2.75, 3.05) is 0 Å². The van der Waals surface area contributed by atoms with Gasteiger partial charge in [0.15, 0.2) is 11.5 Å². The molecule has 0 aliphatic heterocycles. The van der Waals surface area contributed by atoms with Crippen molar-refractivity contribution in [1.82, 2.24) is 29.7 Å². The minimum absolute atomic E-state index is 0.418. The number of hydrogen-bond donors (Lipinski definition) is 0. The van der Waals surface area contributed by atoms with Gasteiger partial charge in [0, 0.05) is 25.2 Å². The van der Waals surface area contributed by atoms with Crippen LogP contribution in [-0.4, -0.2) is 29.7 Å². The zero-order valence-electron chi connectivity index (χ0n) is 13.8. The molecule has 0 radical (unpaired) electrons. The number of aromatic nitrogens is 6. The quantitative estimate of drug-likeness (QED) is 0.740. The molecule has 0 spiro atoms. The lowest BCUT2D eigenvalue weighted by Gasteiger charge is -2.26. The van der Waals surface area contributed by atoms with E-state index >= 15 is 0 Å². The third-order valence-electron chi connectivity index (χ3n) is 5.16. The molecule has 2 aliphatic carbocycles. The van der Waals surface area contributed by atoms with E-state index in [1.807, 2.05) is 19.3 Å². The Morgan fingerprint density at radius 2 is 2.00 bits per heavy atom. The van der Waals surface area contributed by atoms with Gasteiger partial charge in [0.25, 0.3) is 0 Å². The van der Waals surface area contributed by atoms with E-state index in [1.54, 1.807) is 4.68 Å². The molecule has 24 heavy (non-hydrogen) atoms. The summed E-state index contributed by atoms with van der Waals surface area (Å²) in [5.41, 5.74) is 2.90. The van der Waals surface area contributed by atoms with Crippen LogP contribution in [0.1, 0.15) is 49.5 Å². The second kappa shape index (κ2) is 5.29. The van der Waals surface area contributed by atoms with Crippen LogP contribution in [0.3, 0.4) is 0 Å². The fraction of sp³-hybridized carbons (Fsp3) is 0.529. The van der Waals surface area contributed by atoms with E-state index in [0.717, 1.165) is 48.7 Å². The van der Waals surface area contributed by atoms with Gasteiger partial charge in [0.1, 0.15) is 11.5 Å². The first-order valence-corrected chi connectivity index (χ1v) is 8.74. The summed E-state index contributed by atoms with van der Waals surface area (Å²) in [5.74, 6) is 2.54. The van der Waals surface area contributed by atoms with Gasteiger partial charge in [-0.3, -0.25) is 4.68 Å². The van der Waals surface area contributed by atoms with E-state index in [-0.39, 0.29) is 0 Å². The van der Waals surface area contributed by atoms with Crippen molar-refractivity contribution in [3.05, 3.63) is 23.6 Å². The highest BCUT2D eigenvalue weighted by molar-refractivity contribution is 5.60. The Morgan fingerprint density at radius 3 is 2.75 bits per heavy atom. The average molecular weight is 324 g/mol. The summed E-state index contributed by atoms with van der Waals surface area (Å²) in [7, 11) is 1.90. The molecule has 0 N–H and O–H groups in total. The highest BCUT2D eigenvalue weighted by Crippen LogP contribution is 2.37. The van der Waals surface area contributed by atoms with Crippen LogP contribution in [0.15, 0.2) is 16.8 Å². The van der Waals surface area contributed by atoms with Crippen molar-refractivity contribution in [3.63, 3.8) is 0 Å². The number of fused-ring (bicyclic) bond motifs is 1. The van der Waals surface area contributed by atoms with Gasteiger partial charge >= 0.3 is 0 Å². The van der Waals surface area contributed by atoms with Crippen LogP contribution in [-0.2, 0) is 19.9 Å². The maximum Gasteiger partial charge on any atom is 0.202 e. The molecule has 0 atom stereocenters. The van der Waals surface area contributed by atoms with Gasteiger partial charge in [-0.1, -0.05) is 5.16 Å². The highest BCUT2D eigenvalue weighted by Gasteiger charge is 2.30. The average Bonchev–Trinajstić information content (AvgIpc) is 3.23. The molecule has 0 bridgehead atoms. The fourth-order valence-electron chi connectivity index (χ4n) is 3.57. The van der Waals surface area contributed by atoms with Crippen LogP contribution < -0.4 is 0 Å². The summed E-state index contributed by atoms with van der Waals surface area (Å²) in [6.45, 7) is 0. The Hall–Kier alpha value is -2.44. The Labute approximate surface area is 139 Å². The van der Waals surface area contributed by atoms with Crippen LogP contribution in [0, 0.1) is 0 Å². The van der Waals surface area contributed by atoms with E-state index in [0.29, 0.717) is 11.9 Å². The van der Waals surface area contributed by atoms with Gasteiger partial charge in [-0.2, -0.15) is 5.10 Å². The van der Waals surface area contributed by atoms with Crippen LogP contribution in [0.25, 0.3) is 23.0 Å². The van der Waals surface area contributed by atoms with E-state index in [4.69, 9.17) is 14.6 Å². The number of hydrogen-bond acceptors (Lipinski definition) is 5. The summed E-state index contributed by atoms with van der Waals surface area (Å²) in [4.78, 5) is 4.80. The summed E-state index contributed by atoms with van der Waals surface area (Å²) < 4.78 is 9.43. The minimum atomic E-state index is 0.418. The van der Waals surface area contributed by atoms with Gasteiger partial charge in [0.2, 0.25) is 5.82 Å². The van der Waals surface area contributed by atoms with Gasteiger partial charge in [0.05, 0.1) is 6.04 Å². The fourth-order valence-corrected chi connectivity index (χ4v) is 3.57. The molecule has 124 valence electrons. The van der Waals surface area contributed by atoms with Crippen molar-refractivity contribution in [2.24, 2.45) is 7.05 Å². The Kier molecular flexibility index (Phi) is 3.08. The van der Waals surface area contributed by atoms with Crippen LogP contribution in [0.5, 0.6) is 0 Å². The van der Waals surface area contributed by atoms with Gasteiger partial charge in [-0.05, 0) is 44.6 Å². The van der Waals surface area contributed by atoms with Crippen molar-refractivity contribution in [2.45, 2.75) is 51.0 Å². The van der Waals surface area contributed by atoms with E-state index < -0.39 is 0 Å². The largest absolute Gasteiger partial charge is 0.360 e. The topological polar surface area (TPSA) is 74.6 Å². The Balaban J connectivity index is 1.64. The molecule has 0 saturated heterocycles. The lowest BCUT2D eigenvalue weighted by molar-refractivity contribution is 0.291. The first kappa shape index (κ1) is 13.9. The van der Waals surface area contributed by atoms with Crippen LogP contribution >= 0.6 is 0 Å². The third kappa shape index (κ3) is 2.11. The van der Waals surface area contributed by atoms with Gasteiger partial charge in [-0.25, -0.2) is 9.67 Å². The summed E-state index contributed by atoms with van der Waals surface area (Å²) in [6, 6.07) is 2.36. The zero-order chi connectivity index (χ0) is 16.1. The van der Waals surface area contributed by atoms with Gasteiger partial charge in [-0.15, -0.1) is 5.10 Å².